The van der Waals surface area contributed by atoms with E-state index in [0.717, 1.165) is 28.6 Å². The van der Waals surface area contributed by atoms with Gasteiger partial charge in [0.1, 0.15) is 5.75 Å². The van der Waals surface area contributed by atoms with Crippen LogP contribution < -0.4 is 10.5 Å². The number of aromatic amines is 1. The van der Waals surface area contributed by atoms with Gasteiger partial charge in [0.25, 0.3) is 0 Å². The summed E-state index contributed by atoms with van der Waals surface area (Å²) in [4.78, 5) is 3.09. The van der Waals surface area contributed by atoms with Crippen molar-refractivity contribution < 1.29 is 4.74 Å². The average molecular weight is 225 g/mol. The Bertz CT molecular complexity index is 479. The minimum Gasteiger partial charge on any atom is -0.496 e. The molecule has 0 radical (unpaired) electrons. The van der Waals surface area contributed by atoms with Crippen molar-refractivity contribution in [2.45, 2.75) is 6.42 Å². The van der Waals surface area contributed by atoms with Crippen LogP contribution in [0.4, 0.5) is 0 Å². The van der Waals surface area contributed by atoms with E-state index in [2.05, 4.69) is 4.98 Å². The van der Waals surface area contributed by atoms with Gasteiger partial charge in [-0.25, -0.2) is 0 Å². The standard InChI is InChI=1S/C11H13ClN2O/c1-15-11-7(2-4-13)6-9(12)10-8(11)3-5-14-10/h3,5-6,14H,2,4,13H2,1H3. The smallest absolute Gasteiger partial charge is 0.131 e. The molecule has 4 heteroatoms. The Labute approximate surface area is 93.2 Å². The second kappa shape index (κ2) is 4.13. The van der Waals surface area contributed by atoms with Crippen LogP contribution in [-0.4, -0.2) is 18.6 Å². The molecule has 0 spiro atoms. The lowest BCUT2D eigenvalue weighted by Gasteiger charge is -2.10. The molecular formula is C11H13ClN2O. The number of hydrogen-bond donors (Lipinski definition) is 2. The van der Waals surface area contributed by atoms with Gasteiger partial charge in [0.05, 0.1) is 17.6 Å². The number of ether oxygens (including phenoxy) is 1. The molecule has 1 heterocycles. The molecule has 0 saturated carbocycles. The lowest BCUT2D eigenvalue weighted by atomic mass is 10.1. The van der Waals surface area contributed by atoms with Gasteiger partial charge in [0, 0.05) is 11.6 Å². The molecule has 0 aliphatic heterocycles. The summed E-state index contributed by atoms with van der Waals surface area (Å²) in [5.41, 5.74) is 7.51. The third-order valence-corrected chi connectivity index (χ3v) is 2.74. The van der Waals surface area contributed by atoms with Gasteiger partial charge < -0.3 is 15.5 Å². The summed E-state index contributed by atoms with van der Waals surface area (Å²) in [6.45, 7) is 0.586. The Morgan fingerprint density at radius 1 is 1.53 bits per heavy atom. The van der Waals surface area contributed by atoms with Crippen molar-refractivity contribution in [2.75, 3.05) is 13.7 Å². The van der Waals surface area contributed by atoms with E-state index in [1.807, 2.05) is 18.3 Å². The van der Waals surface area contributed by atoms with Crippen molar-refractivity contribution in [3.05, 3.63) is 28.9 Å². The zero-order chi connectivity index (χ0) is 10.8. The minimum absolute atomic E-state index is 0.586. The fraction of sp³-hybridized carbons (Fsp3) is 0.273. The highest BCUT2D eigenvalue weighted by Gasteiger charge is 2.11. The maximum atomic E-state index is 6.14. The Hall–Kier alpha value is -1.19. The number of methoxy groups -OCH3 is 1. The molecule has 0 amide bonds. The third-order valence-electron chi connectivity index (χ3n) is 2.44. The Morgan fingerprint density at radius 2 is 2.33 bits per heavy atom. The molecule has 3 N–H and O–H groups in total. The number of H-pyrrole nitrogens is 1. The summed E-state index contributed by atoms with van der Waals surface area (Å²) in [6.07, 6.45) is 2.62. The first kappa shape index (κ1) is 10.3. The van der Waals surface area contributed by atoms with Crippen molar-refractivity contribution in [3.8, 4) is 5.75 Å². The van der Waals surface area contributed by atoms with Crippen LogP contribution in [0.1, 0.15) is 5.56 Å². The monoisotopic (exact) mass is 224 g/mol. The molecule has 0 fully saturated rings. The zero-order valence-electron chi connectivity index (χ0n) is 8.51. The highest BCUT2D eigenvalue weighted by atomic mass is 35.5. The van der Waals surface area contributed by atoms with Crippen LogP contribution in [-0.2, 0) is 6.42 Å². The van der Waals surface area contributed by atoms with Gasteiger partial charge in [-0.1, -0.05) is 11.6 Å². The molecule has 0 aliphatic carbocycles. The van der Waals surface area contributed by atoms with Gasteiger partial charge in [0.15, 0.2) is 0 Å². The van der Waals surface area contributed by atoms with Crippen LogP contribution in [0.3, 0.4) is 0 Å². The van der Waals surface area contributed by atoms with E-state index in [-0.39, 0.29) is 0 Å². The predicted molar refractivity (Wildman–Crippen MR) is 62.6 cm³/mol. The number of halogens is 1. The van der Waals surface area contributed by atoms with E-state index in [9.17, 15) is 0 Å². The predicted octanol–water partition coefficient (Wildman–Crippen LogP) is 2.33. The molecule has 1 aromatic carbocycles. The Balaban J connectivity index is 2.69. The molecule has 80 valence electrons. The van der Waals surface area contributed by atoms with Crippen LogP contribution in [0, 0.1) is 0 Å². The number of nitrogens with one attached hydrogen (secondary N) is 1. The first-order valence-corrected chi connectivity index (χ1v) is 5.18. The highest BCUT2D eigenvalue weighted by molar-refractivity contribution is 6.35. The normalized spacial score (nSPS) is 10.9. The van der Waals surface area contributed by atoms with E-state index in [4.69, 9.17) is 22.1 Å². The molecular weight excluding hydrogens is 212 g/mol. The van der Waals surface area contributed by atoms with Gasteiger partial charge in [-0.15, -0.1) is 0 Å². The van der Waals surface area contributed by atoms with Gasteiger partial charge in [-0.2, -0.15) is 0 Å². The van der Waals surface area contributed by atoms with E-state index < -0.39 is 0 Å². The molecule has 15 heavy (non-hydrogen) atoms. The van der Waals surface area contributed by atoms with E-state index in [1.165, 1.54) is 0 Å². The summed E-state index contributed by atoms with van der Waals surface area (Å²) in [7, 11) is 1.66. The molecule has 0 bridgehead atoms. The van der Waals surface area contributed by atoms with E-state index in [0.29, 0.717) is 11.6 Å². The summed E-state index contributed by atoms with van der Waals surface area (Å²) in [5.74, 6) is 0.862. The number of benzene rings is 1. The van der Waals surface area contributed by atoms with Gasteiger partial charge in [-0.05, 0) is 30.7 Å². The summed E-state index contributed by atoms with van der Waals surface area (Å²) < 4.78 is 5.39. The largest absolute Gasteiger partial charge is 0.496 e. The number of aromatic nitrogens is 1. The Kier molecular flexibility index (Phi) is 2.84. The van der Waals surface area contributed by atoms with Crippen molar-refractivity contribution >= 4 is 22.5 Å². The molecule has 2 aromatic rings. The fourth-order valence-corrected chi connectivity index (χ4v) is 2.09. The molecule has 3 nitrogen and oxygen atoms in total. The van der Waals surface area contributed by atoms with E-state index >= 15 is 0 Å². The summed E-state index contributed by atoms with van der Waals surface area (Å²) >= 11 is 6.14. The van der Waals surface area contributed by atoms with Gasteiger partial charge >= 0.3 is 0 Å². The lowest BCUT2D eigenvalue weighted by Crippen LogP contribution is -2.04. The second-order valence-corrected chi connectivity index (χ2v) is 3.76. The molecule has 0 unspecified atom stereocenters. The zero-order valence-corrected chi connectivity index (χ0v) is 9.27. The average Bonchev–Trinajstić information content (AvgIpc) is 2.68. The summed E-state index contributed by atoms with van der Waals surface area (Å²) in [6, 6.07) is 3.87. The quantitative estimate of drug-likeness (QED) is 0.841. The van der Waals surface area contributed by atoms with Gasteiger partial charge in [0.2, 0.25) is 0 Å². The number of nitrogens with two attached hydrogens (primary N) is 1. The van der Waals surface area contributed by atoms with Crippen LogP contribution in [0.15, 0.2) is 18.3 Å². The highest BCUT2D eigenvalue weighted by Crippen LogP contribution is 2.34. The van der Waals surface area contributed by atoms with E-state index in [1.54, 1.807) is 7.11 Å². The van der Waals surface area contributed by atoms with Crippen LogP contribution in [0.2, 0.25) is 5.02 Å². The summed E-state index contributed by atoms with van der Waals surface area (Å²) in [5, 5.41) is 1.72. The van der Waals surface area contributed by atoms with Crippen LogP contribution in [0.25, 0.3) is 10.9 Å². The van der Waals surface area contributed by atoms with Crippen molar-refractivity contribution in [1.82, 2.24) is 4.98 Å². The molecule has 2 rings (SSSR count). The Morgan fingerprint density at radius 3 is 3.00 bits per heavy atom. The lowest BCUT2D eigenvalue weighted by molar-refractivity contribution is 0.415. The molecule has 0 saturated heterocycles. The fourth-order valence-electron chi connectivity index (χ4n) is 1.80. The maximum Gasteiger partial charge on any atom is 0.131 e. The first-order valence-electron chi connectivity index (χ1n) is 4.80. The van der Waals surface area contributed by atoms with Crippen LogP contribution in [0.5, 0.6) is 5.75 Å². The molecule has 0 atom stereocenters. The first-order chi connectivity index (χ1) is 7.27. The number of hydrogen-bond acceptors (Lipinski definition) is 2. The topological polar surface area (TPSA) is 51.0 Å². The minimum atomic E-state index is 0.586. The second-order valence-electron chi connectivity index (χ2n) is 3.36. The molecule has 0 aliphatic rings. The van der Waals surface area contributed by atoms with Crippen LogP contribution >= 0.6 is 11.6 Å². The third kappa shape index (κ3) is 1.68. The van der Waals surface area contributed by atoms with Crippen molar-refractivity contribution in [3.63, 3.8) is 0 Å². The number of rotatable bonds is 3. The van der Waals surface area contributed by atoms with Gasteiger partial charge in [-0.3, -0.25) is 0 Å². The number of fused-ring (bicyclic) bond motifs is 1. The van der Waals surface area contributed by atoms with Crippen molar-refractivity contribution in [2.24, 2.45) is 5.73 Å². The SMILES string of the molecule is COc1c(CCN)cc(Cl)c2[nH]ccc12. The maximum absolute atomic E-state index is 6.14. The molecule has 1 aromatic heterocycles. The van der Waals surface area contributed by atoms with Crippen molar-refractivity contribution in [1.29, 1.82) is 0 Å².